The van der Waals surface area contributed by atoms with Crippen LogP contribution < -0.4 is 10.9 Å². The van der Waals surface area contributed by atoms with Gasteiger partial charge in [0.2, 0.25) is 0 Å². The maximum absolute atomic E-state index is 12.8. The Bertz CT molecular complexity index is 1240. The molecule has 5 heteroatoms. The van der Waals surface area contributed by atoms with E-state index in [9.17, 15) is 4.79 Å². The highest BCUT2D eigenvalue weighted by molar-refractivity contribution is 5.98. The Morgan fingerprint density at radius 2 is 1.96 bits per heavy atom. The lowest BCUT2D eigenvalue weighted by atomic mass is 9.91. The molecule has 0 fully saturated rings. The van der Waals surface area contributed by atoms with Gasteiger partial charge in [0, 0.05) is 41.8 Å². The molecule has 0 aliphatic carbocycles. The van der Waals surface area contributed by atoms with Crippen LogP contribution in [0.25, 0.3) is 22.2 Å². The van der Waals surface area contributed by atoms with Gasteiger partial charge in [-0.05, 0) is 30.0 Å². The summed E-state index contributed by atoms with van der Waals surface area (Å²) in [6, 6.07) is 14.8. The maximum atomic E-state index is 12.8. The zero-order valence-electron chi connectivity index (χ0n) is 14.9. The van der Waals surface area contributed by atoms with Crippen LogP contribution in [0.1, 0.15) is 29.0 Å². The molecule has 0 spiro atoms. The number of rotatable bonds is 2. The van der Waals surface area contributed by atoms with E-state index in [-0.39, 0.29) is 11.5 Å². The van der Waals surface area contributed by atoms with Gasteiger partial charge in [0.25, 0.3) is 5.56 Å². The molecule has 3 N–H and O–H groups in total. The van der Waals surface area contributed by atoms with Gasteiger partial charge in [0.15, 0.2) is 0 Å². The second kappa shape index (κ2) is 5.39. The predicted molar refractivity (Wildman–Crippen MR) is 107 cm³/mol. The largest absolute Gasteiger partial charge is 0.384 e. The number of aromatic amines is 2. The summed E-state index contributed by atoms with van der Waals surface area (Å²) in [6.45, 7) is 1.78. The number of nitrogens with one attached hydrogen (secondary N) is 3. The molecular weight excluding hydrogens is 336 g/mol. The molecule has 4 heterocycles. The van der Waals surface area contributed by atoms with Crippen molar-refractivity contribution < 1.29 is 0 Å². The molecule has 0 radical (unpaired) electrons. The number of hydrogen-bond donors (Lipinski definition) is 3. The summed E-state index contributed by atoms with van der Waals surface area (Å²) in [5, 5.41) is 10.7. The van der Waals surface area contributed by atoms with E-state index in [0.717, 1.165) is 48.4 Å². The van der Waals surface area contributed by atoms with E-state index in [0.29, 0.717) is 0 Å². The Labute approximate surface area is 156 Å². The molecule has 27 heavy (non-hydrogen) atoms. The first-order valence-electron chi connectivity index (χ1n) is 9.55. The fourth-order valence-corrected chi connectivity index (χ4v) is 4.91. The van der Waals surface area contributed by atoms with Crippen molar-refractivity contribution in [3.05, 3.63) is 75.7 Å². The Kier molecular flexibility index (Phi) is 2.98. The molecular formula is C22H20N4O. The second-order valence-corrected chi connectivity index (χ2v) is 7.54. The molecule has 4 aromatic rings. The summed E-state index contributed by atoms with van der Waals surface area (Å²) < 4.78 is 2.35. The summed E-state index contributed by atoms with van der Waals surface area (Å²) in [7, 11) is 0. The molecule has 5 nitrogen and oxygen atoms in total. The number of H-pyrrole nitrogens is 2. The van der Waals surface area contributed by atoms with E-state index in [1.807, 2.05) is 12.1 Å². The molecule has 2 aromatic carbocycles. The number of fused-ring (bicyclic) bond motifs is 1. The SMILES string of the molecule is O=c1[nH][nH]c(-c2cn3c4c(cccc24)CCC3)c1C1CNc2ccccc21. The minimum Gasteiger partial charge on any atom is -0.384 e. The van der Waals surface area contributed by atoms with Crippen LogP contribution in [0.3, 0.4) is 0 Å². The van der Waals surface area contributed by atoms with E-state index in [2.05, 4.69) is 56.6 Å². The van der Waals surface area contributed by atoms with Crippen LogP contribution in [0.2, 0.25) is 0 Å². The molecule has 2 aliphatic heterocycles. The van der Waals surface area contributed by atoms with Gasteiger partial charge in [-0.1, -0.05) is 36.4 Å². The van der Waals surface area contributed by atoms with Gasteiger partial charge in [-0.25, -0.2) is 0 Å². The lowest BCUT2D eigenvalue weighted by Gasteiger charge is -2.14. The van der Waals surface area contributed by atoms with Crippen LogP contribution in [0.4, 0.5) is 5.69 Å². The van der Waals surface area contributed by atoms with Crippen LogP contribution in [0.15, 0.2) is 53.5 Å². The van der Waals surface area contributed by atoms with Gasteiger partial charge >= 0.3 is 0 Å². The number of anilines is 1. The van der Waals surface area contributed by atoms with Crippen LogP contribution in [0.5, 0.6) is 0 Å². The van der Waals surface area contributed by atoms with E-state index >= 15 is 0 Å². The van der Waals surface area contributed by atoms with Gasteiger partial charge in [0.05, 0.1) is 16.8 Å². The van der Waals surface area contributed by atoms with E-state index in [4.69, 9.17) is 0 Å². The molecule has 134 valence electrons. The lowest BCUT2D eigenvalue weighted by molar-refractivity contribution is 0.636. The summed E-state index contributed by atoms with van der Waals surface area (Å²) in [5.41, 5.74) is 7.87. The Hall–Kier alpha value is -3.21. The maximum Gasteiger partial charge on any atom is 0.268 e. The Morgan fingerprint density at radius 3 is 2.93 bits per heavy atom. The van der Waals surface area contributed by atoms with Gasteiger partial charge in [0.1, 0.15) is 0 Å². The van der Waals surface area contributed by atoms with Crippen molar-refractivity contribution in [1.29, 1.82) is 0 Å². The highest BCUT2D eigenvalue weighted by atomic mass is 16.1. The molecule has 0 bridgehead atoms. The standard InChI is InChI=1S/C22H20N4O/c27-22-19(16-11-23-18-9-2-1-7-14(16)18)20(24-25-22)17-12-26-10-4-6-13-5-3-8-15(17)21(13)26/h1-3,5,7-9,12,16,23H,4,6,10-11H2,(H2,24,25,27). The van der Waals surface area contributed by atoms with Gasteiger partial charge in [-0.15, -0.1) is 0 Å². The Morgan fingerprint density at radius 1 is 1.04 bits per heavy atom. The topological polar surface area (TPSA) is 65.6 Å². The first-order valence-corrected chi connectivity index (χ1v) is 9.55. The van der Waals surface area contributed by atoms with Crippen molar-refractivity contribution >= 4 is 16.6 Å². The molecule has 2 aromatic heterocycles. The van der Waals surface area contributed by atoms with E-state index in [1.54, 1.807) is 0 Å². The zero-order valence-corrected chi connectivity index (χ0v) is 14.9. The van der Waals surface area contributed by atoms with Crippen molar-refractivity contribution in [3.63, 3.8) is 0 Å². The number of nitrogens with zero attached hydrogens (tertiary/aromatic N) is 1. The van der Waals surface area contributed by atoms with Crippen LogP contribution >= 0.6 is 0 Å². The average molecular weight is 356 g/mol. The van der Waals surface area contributed by atoms with Gasteiger partial charge < -0.3 is 9.88 Å². The van der Waals surface area contributed by atoms with Crippen molar-refractivity contribution in [2.75, 3.05) is 11.9 Å². The first kappa shape index (κ1) is 14.9. The molecule has 0 saturated carbocycles. The molecule has 1 unspecified atom stereocenters. The molecule has 2 aliphatic rings. The fourth-order valence-electron chi connectivity index (χ4n) is 4.91. The monoisotopic (exact) mass is 356 g/mol. The summed E-state index contributed by atoms with van der Waals surface area (Å²) >= 11 is 0. The number of aromatic nitrogens is 3. The lowest BCUT2D eigenvalue weighted by Crippen LogP contribution is -2.14. The normalized spacial score (nSPS) is 17.9. The minimum atomic E-state index is -0.0274. The summed E-state index contributed by atoms with van der Waals surface area (Å²) in [4.78, 5) is 12.8. The Balaban J connectivity index is 1.59. The molecule has 0 saturated heterocycles. The number of benzene rings is 2. The third kappa shape index (κ3) is 2.02. The molecule has 6 rings (SSSR count). The third-order valence-electron chi connectivity index (χ3n) is 6.09. The highest BCUT2D eigenvalue weighted by Crippen LogP contribution is 2.41. The summed E-state index contributed by atoms with van der Waals surface area (Å²) in [6.07, 6.45) is 4.50. The third-order valence-corrected chi connectivity index (χ3v) is 6.09. The van der Waals surface area contributed by atoms with Crippen LogP contribution in [0, 0.1) is 0 Å². The van der Waals surface area contributed by atoms with E-state index < -0.39 is 0 Å². The minimum absolute atomic E-state index is 0.0274. The highest BCUT2D eigenvalue weighted by Gasteiger charge is 2.30. The number of aryl methyl sites for hydroxylation is 2. The van der Waals surface area contributed by atoms with Gasteiger partial charge in [-0.3, -0.25) is 15.0 Å². The van der Waals surface area contributed by atoms with Crippen molar-refractivity contribution in [1.82, 2.24) is 14.8 Å². The number of para-hydroxylation sites is 2. The van der Waals surface area contributed by atoms with Crippen LogP contribution in [-0.4, -0.2) is 21.3 Å². The van der Waals surface area contributed by atoms with Crippen molar-refractivity contribution in [2.45, 2.75) is 25.3 Å². The first-order chi connectivity index (χ1) is 13.3. The van der Waals surface area contributed by atoms with Gasteiger partial charge in [-0.2, -0.15) is 0 Å². The molecule has 1 atom stereocenters. The number of hydrogen-bond acceptors (Lipinski definition) is 2. The fraction of sp³-hybridized carbons (Fsp3) is 0.227. The van der Waals surface area contributed by atoms with E-state index in [1.165, 1.54) is 22.0 Å². The zero-order chi connectivity index (χ0) is 18.0. The molecule has 0 amide bonds. The van der Waals surface area contributed by atoms with Crippen molar-refractivity contribution in [3.8, 4) is 11.3 Å². The quantitative estimate of drug-likeness (QED) is 0.511. The predicted octanol–water partition coefficient (Wildman–Crippen LogP) is 3.83. The van der Waals surface area contributed by atoms with Crippen molar-refractivity contribution in [2.24, 2.45) is 0 Å². The second-order valence-electron chi connectivity index (χ2n) is 7.54. The van der Waals surface area contributed by atoms with Crippen LogP contribution in [-0.2, 0) is 13.0 Å². The smallest absolute Gasteiger partial charge is 0.268 e. The average Bonchev–Trinajstić information content (AvgIpc) is 3.38. The summed E-state index contributed by atoms with van der Waals surface area (Å²) in [5.74, 6) is 0.0536.